The minimum absolute atomic E-state index is 0.202. The number of hydrogen-bond donors (Lipinski definition) is 1. The zero-order valence-electron chi connectivity index (χ0n) is 17.3. The van der Waals surface area contributed by atoms with E-state index in [9.17, 15) is 4.79 Å². The summed E-state index contributed by atoms with van der Waals surface area (Å²) in [6.07, 6.45) is 1.44. The minimum Gasteiger partial charge on any atom is -0.497 e. The van der Waals surface area contributed by atoms with Gasteiger partial charge in [0.25, 0.3) is 5.91 Å². The number of halogens is 1. The van der Waals surface area contributed by atoms with Gasteiger partial charge in [-0.15, -0.1) is 0 Å². The van der Waals surface area contributed by atoms with E-state index < -0.39 is 0 Å². The zero-order valence-corrected chi connectivity index (χ0v) is 18.0. The molecule has 1 amide bonds. The Kier molecular flexibility index (Phi) is 6.63. The first-order valence-electron chi connectivity index (χ1n) is 9.88. The van der Waals surface area contributed by atoms with E-state index >= 15 is 0 Å². The molecule has 0 saturated carbocycles. The van der Waals surface area contributed by atoms with Crippen LogP contribution in [0.1, 0.15) is 15.9 Å². The van der Waals surface area contributed by atoms with Gasteiger partial charge in [0.15, 0.2) is 0 Å². The summed E-state index contributed by atoms with van der Waals surface area (Å²) in [6.45, 7) is 0.401. The van der Waals surface area contributed by atoms with Gasteiger partial charge in [-0.3, -0.25) is 4.79 Å². The van der Waals surface area contributed by atoms with Crippen molar-refractivity contribution < 1.29 is 14.3 Å². The molecule has 1 heterocycles. The average Bonchev–Trinajstić information content (AvgIpc) is 2.84. The van der Waals surface area contributed by atoms with Crippen LogP contribution in [0.4, 0.5) is 0 Å². The van der Waals surface area contributed by atoms with Crippen LogP contribution in [0.3, 0.4) is 0 Å². The van der Waals surface area contributed by atoms with E-state index in [2.05, 4.69) is 15.3 Å². The van der Waals surface area contributed by atoms with Gasteiger partial charge in [0.1, 0.15) is 17.8 Å². The summed E-state index contributed by atoms with van der Waals surface area (Å²) < 4.78 is 11.1. The molecule has 160 valence electrons. The second-order valence-corrected chi connectivity index (χ2v) is 7.35. The van der Waals surface area contributed by atoms with Gasteiger partial charge < -0.3 is 14.8 Å². The molecular weight excluding hydrogens is 426 g/mol. The van der Waals surface area contributed by atoms with Crippen molar-refractivity contribution in [3.8, 4) is 28.6 Å². The summed E-state index contributed by atoms with van der Waals surface area (Å²) in [6, 6.07) is 23.6. The van der Waals surface area contributed by atoms with E-state index in [4.69, 9.17) is 21.1 Å². The van der Waals surface area contributed by atoms with Crippen LogP contribution < -0.4 is 14.8 Å². The van der Waals surface area contributed by atoms with Crippen LogP contribution in [0, 0.1) is 0 Å². The maximum absolute atomic E-state index is 12.6. The van der Waals surface area contributed by atoms with Crippen molar-refractivity contribution in [3.63, 3.8) is 0 Å². The number of nitrogens with zero attached hydrogens (tertiary/aromatic N) is 2. The molecule has 0 saturated heterocycles. The molecule has 0 spiro atoms. The second kappa shape index (κ2) is 9.94. The first kappa shape index (κ1) is 21.3. The molecule has 0 atom stereocenters. The van der Waals surface area contributed by atoms with Gasteiger partial charge in [-0.25, -0.2) is 9.97 Å². The number of carbonyl (C=O) groups is 1. The molecule has 32 heavy (non-hydrogen) atoms. The summed E-state index contributed by atoms with van der Waals surface area (Å²) in [4.78, 5) is 21.0. The molecule has 6 nitrogen and oxygen atoms in total. The Morgan fingerprint density at radius 1 is 0.938 bits per heavy atom. The normalized spacial score (nSPS) is 10.4. The van der Waals surface area contributed by atoms with Gasteiger partial charge in [-0.2, -0.15) is 0 Å². The lowest BCUT2D eigenvalue weighted by atomic mass is 10.1. The molecule has 0 aliphatic rings. The molecule has 4 aromatic rings. The standard InChI is InChI=1S/C25H20ClN3O3/c1-31-21-11-7-18(8-12-21)23-14-24(29-16-28-23)32-22-4-2-3-19(13-22)25(30)27-15-17-5-9-20(26)10-6-17/h2-14,16H,15H2,1H3,(H,27,30). The fraction of sp³-hybridized carbons (Fsp3) is 0.0800. The third kappa shape index (κ3) is 5.42. The van der Waals surface area contributed by atoms with Crippen molar-refractivity contribution in [3.05, 3.63) is 101 Å². The number of benzene rings is 3. The lowest BCUT2D eigenvalue weighted by molar-refractivity contribution is 0.0950. The van der Waals surface area contributed by atoms with Crippen LogP contribution >= 0.6 is 11.6 Å². The molecule has 0 fully saturated rings. The second-order valence-electron chi connectivity index (χ2n) is 6.91. The molecule has 4 rings (SSSR count). The highest BCUT2D eigenvalue weighted by molar-refractivity contribution is 6.30. The maximum Gasteiger partial charge on any atom is 0.251 e. The predicted octanol–water partition coefficient (Wildman–Crippen LogP) is 5.53. The molecule has 0 aliphatic heterocycles. The predicted molar refractivity (Wildman–Crippen MR) is 123 cm³/mol. The van der Waals surface area contributed by atoms with Gasteiger partial charge in [0.05, 0.1) is 12.8 Å². The Labute approximate surface area is 190 Å². The third-order valence-corrected chi connectivity index (χ3v) is 4.96. The summed E-state index contributed by atoms with van der Waals surface area (Å²) in [5.74, 6) is 1.45. The third-order valence-electron chi connectivity index (χ3n) is 4.71. The van der Waals surface area contributed by atoms with Crippen molar-refractivity contribution >= 4 is 17.5 Å². The van der Waals surface area contributed by atoms with E-state index in [-0.39, 0.29) is 5.91 Å². The van der Waals surface area contributed by atoms with Crippen molar-refractivity contribution in [2.45, 2.75) is 6.54 Å². The summed E-state index contributed by atoms with van der Waals surface area (Å²) in [5.41, 5.74) is 3.07. The lowest BCUT2D eigenvalue weighted by Crippen LogP contribution is -2.22. The highest BCUT2D eigenvalue weighted by atomic mass is 35.5. The Morgan fingerprint density at radius 3 is 2.47 bits per heavy atom. The SMILES string of the molecule is COc1ccc(-c2cc(Oc3cccc(C(=O)NCc4ccc(Cl)cc4)c3)ncn2)cc1. The number of hydrogen-bond acceptors (Lipinski definition) is 5. The van der Waals surface area contributed by atoms with E-state index in [1.54, 1.807) is 49.6 Å². The van der Waals surface area contributed by atoms with Crippen LogP contribution in [0.2, 0.25) is 5.02 Å². The smallest absolute Gasteiger partial charge is 0.251 e. The van der Waals surface area contributed by atoms with E-state index in [0.29, 0.717) is 28.8 Å². The van der Waals surface area contributed by atoms with Gasteiger partial charge in [0, 0.05) is 28.8 Å². The highest BCUT2D eigenvalue weighted by Crippen LogP contribution is 2.25. The molecule has 0 aliphatic carbocycles. The van der Waals surface area contributed by atoms with E-state index in [1.165, 1.54) is 6.33 Å². The first-order valence-corrected chi connectivity index (χ1v) is 10.3. The number of aromatic nitrogens is 2. The fourth-order valence-corrected chi connectivity index (χ4v) is 3.15. The van der Waals surface area contributed by atoms with Gasteiger partial charge in [-0.05, 0) is 60.2 Å². The fourth-order valence-electron chi connectivity index (χ4n) is 3.02. The maximum atomic E-state index is 12.6. The average molecular weight is 446 g/mol. The van der Waals surface area contributed by atoms with Crippen molar-refractivity contribution in [1.29, 1.82) is 0 Å². The summed E-state index contributed by atoms with van der Waals surface area (Å²) in [7, 11) is 1.62. The molecule has 1 aromatic heterocycles. The molecule has 3 aromatic carbocycles. The highest BCUT2D eigenvalue weighted by Gasteiger charge is 2.09. The van der Waals surface area contributed by atoms with E-state index in [1.807, 2.05) is 36.4 Å². The number of rotatable bonds is 7. The van der Waals surface area contributed by atoms with Crippen molar-refractivity contribution in [2.75, 3.05) is 7.11 Å². The van der Waals surface area contributed by atoms with Crippen LogP contribution in [0.15, 0.2) is 85.2 Å². The molecule has 7 heteroatoms. The van der Waals surface area contributed by atoms with Crippen LogP contribution in [0.25, 0.3) is 11.3 Å². The van der Waals surface area contributed by atoms with E-state index in [0.717, 1.165) is 22.6 Å². The Bertz CT molecular complexity index is 1210. The quantitative estimate of drug-likeness (QED) is 0.405. The Balaban J connectivity index is 1.44. The van der Waals surface area contributed by atoms with Crippen molar-refractivity contribution in [1.82, 2.24) is 15.3 Å². The summed E-state index contributed by atoms with van der Waals surface area (Å²) in [5, 5.41) is 3.55. The minimum atomic E-state index is -0.202. The topological polar surface area (TPSA) is 73.3 Å². The largest absolute Gasteiger partial charge is 0.497 e. The first-order chi connectivity index (χ1) is 15.6. The number of methoxy groups -OCH3 is 1. The Hall–Kier alpha value is -3.90. The number of carbonyl (C=O) groups excluding carboxylic acids is 1. The van der Waals surface area contributed by atoms with Crippen LogP contribution in [-0.2, 0) is 6.54 Å². The molecule has 0 radical (unpaired) electrons. The van der Waals surface area contributed by atoms with Gasteiger partial charge >= 0.3 is 0 Å². The van der Waals surface area contributed by atoms with Crippen LogP contribution in [-0.4, -0.2) is 23.0 Å². The lowest BCUT2D eigenvalue weighted by Gasteiger charge is -2.09. The molecule has 1 N–H and O–H groups in total. The monoisotopic (exact) mass is 445 g/mol. The van der Waals surface area contributed by atoms with Crippen molar-refractivity contribution in [2.24, 2.45) is 0 Å². The van der Waals surface area contributed by atoms with Gasteiger partial charge in [-0.1, -0.05) is 29.8 Å². The molecular formula is C25H20ClN3O3. The number of nitrogens with one attached hydrogen (secondary N) is 1. The number of ether oxygens (including phenoxy) is 2. The molecule has 0 bridgehead atoms. The zero-order chi connectivity index (χ0) is 22.3. The summed E-state index contributed by atoms with van der Waals surface area (Å²) >= 11 is 5.90. The molecule has 0 unspecified atom stereocenters. The Morgan fingerprint density at radius 2 is 1.72 bits per heavy atom. The van der Waals surface area contributed by atoms with Gasteiger partial charge in [0.2, 0.25) is 5.88 Å². The van der Waals surface area contributed by atoms with Crippen LogP contribution in [0.5, 0.6) is 17.4 Å². The number of amides is 1.